The minimum absolute atomic E-state index is 0.171. The van der Waals surface area contributed by atoms with Gasteiger partial charge in [0.2, 0.25) is 0 Å². The molecule has 20 heavy (non-hydrogen) atoms. The zero-order valence-electron chi connectivity index (χ0n) is 11.1. The molecule has 2 rings (SSSR count). The highest BCUT2D eigenvalue weighted by atomic mass is 32.2. The fourth-order valence-electron chi connectivity index (χ4n) is 2.38. The van der Waals surface area contributed by atoms with Crippen LogP contribution >= 0.6 is 11.3 Å². The zero-order chi connectivity index (χ0) is 14.8. The number of aromatic nitrogens is 1. The lowest BCUT2D eigenvalue weighted by molar-refractivity contribution is 0.0687. The van der Waals surface area contributed by atoms with E-state index in [-0.39, 0.29) is 15.8 Å². The molecule has 1 aliphatic heterocycles. The molecule has 1 saturated heterocycles. The van der Waals surface area contributed by atoms with E-state index < -0.39 is 16.0 Å². The number of aromatic carboxylic acids is 1. The first-order valence-electron chi connectivity index (χ1n) is 6.28. The normalized spacial score (nSPS) is 20.9. The summed E-state index contributed by atoms with van der Waals surface area (Å²) in [5.74, 6) is -1.06. The Kier molecular flexibility index (Phi) is 4.74. The Bertz CT molecular complexity index is 582. The van der Waals surface area contributed by atoms with E-state index in [1.54, 1.807) is 0 Å². The smallest absolute Gasteiger partial charge is 0.356 e. The maximum Gasteiger partial charge on any atom is 0.356 e. The average molecular weight is 319 g/mol. The van der Waals surface area contributed by atoms with Gasteiger partial charge < -0.3 is 10.4 Å². The van der Waals surface area contributed by atoms with Gasteiger partial charge in [-0.1, -0.05) is 0 Å². The second-order valence-electron chi connectivity index (χ2n) is 4.72. The third kappa shape index (κ3) is 3.00. The molecule has 2 heterocycles. The third-order valence-electron chi connectivity index (χ3n) is 3.29. The summed E-state index contributed by atoms with van der Waals surface area (Å²) in [4.78, 5) is 14.7. The summed E-state index contributed by atoms with van der Waals surface area (Å²) in [5, 5.41) is 12.1. The van der Waals surface area contributed by atoms with E-state index in [1.165, 1.54) is 9.82 Å². The molecule has 0 amide bonds. The first-order chi connectivity index (χ1) is 9.46. The molecule has 1 atom stereocenters. The van der Waals surface area contributed by atoms with Gasteiger partial charge in [0, 0.05) is 13.1 Å². The molecule has 112 valence electrons. The van der Waals surface area contributed by atoms with Crippen molar-refractivity contribution >= 4 is 27.3 Å². The molecular weight excluding hydrogens is 302 g/mol. The number of hydrogen-bond donors (Lipinski definition) is 2. The van der Waals surface area contributed by atoms with Gasteiger partial charge in [-0.25, -0.2) is 18.2 Å². The van der Waals surface area contributed by atoms with Crippen LogP contribution in [0, 0.1) is 5.92 Å². The molecule has 0 radical (unpaired) electrons. The lowest BCUT2D eigenvalue weighted by atomic mass is 10.00. The number of sulfonamides is 1. The van der Waals surface area contributed by atoms with Crippen LogP contribution in [-0.2, 0) is 10.0 Å². The molecule has 7 nitrogen and oxygen atoms in total. The van der Waals surface area contributed by atoms with Crippen molar-refractivity contribution in [1.82, 2.24) is 14.6 Å². The SMILES string of the molecule is CNCC1CCCN(S(=O)(=O)c2scnc2C(=O)O)C1. The summed E-state index contributed by atoms with van der Waals surface area (Å²) < 4.78 is 26.3. The van der Waals surface area contributed by atoms with Gasteiger partial charge >= 0.3 is 5.97 Å². The second kappa shape index (κ2) is 6.17. The van der Waals surface area contributed by atoms with E-state index in [0.717, 1.165) is 30.7 Å². The molecule has 1 aromatic heterocycles. The molecule has 0 saturated carbocycles. The highest BCUT2D eigenvalue weighted by Crippen LogP contribution is 2.28. The predicted molar refractivity (Wildman–Crippen MR) is 74.5 cm³/mol. The van der Waals surface area contributed by atoms with Gasteiger partial charge in [0.05, 0.1) is 5.51 Å². The summed E-state index contributed by atoms with van der Waals surface area (Å²) >= 11 is 0.856. The van der Waals surface area contributed by atoms with E-state index in [2.05, 4.69) is 10.3 Å². The highest BCUT2D eigenvalue weighted by Gasteiger charge is 2.34. The first kappa shape index (κ1) is 15.4. The van der Waals surface area contributed by atoms with E-state index in [0.29, 0.717) is 13.1 Å². The number of piperidine rings is 1. The number of thiazole rings is 1. The summed E-state index contributed by atoms with van der Waals surface area (Å²) in [6, 6.07) is 0. The molecule has 1 aliphatic rings. The summed E-state index contributed by atoms with van der Waals surface area (Å²) in [6.45, 7) is 1.60. The van der Waals surface area contributed by atoms with Crippen molar-refractivity contribution in [2.45, 2.75) is 17.1 Å². The highest BCUT2D eigenvalue weighted by molar-refractivity contribution is 7.91. The van der Waals surface area contributed by atoms with Crippen LogP contribution in [0.25, 0.3) is 0 Å². The minimum atomic E-state index is -3.76. The van der Waals surface area contributed by atoms with Crippen LogP contribution in [0.3, 0.4) is 0 Å². The van der Waals surface area contributed by atoms with Crippen molar-refractivity contribution in [1.29, 1.82) is 0 Å². The Morgan fingerprint density at radius 1 is 1.65 bits per heavy atom. The molecule has 0 aromatic carbocycles. The number of carboxylic acid groups (broad SMARTS) is 1. The van der Waals surface area contributed by atoms with Crippen LogP contribution in [-0.4, -0.2) is 55.5 Å². The Labute approximate surface area is 121 Å². The minimum Gasteiger partial charge on any atom is -0.476 e. The van der Waals surface area contributed by atoms with Gasteiger partial charge in [-0.2, -0.15) is 4.31 Å². The number of carboxylic acids is 1. The first-order valence-corrected chi connectivity index (χ1v) is 8.60. The third-order valence-corrected chi connectivity index (χ3v) is 6.50. The molecule has 0 bridgehead atoms. The van der Waals surface area contributed by atoms with Crippen LogP contribution in [0.15, 0.2) is 9.72 Å². The van der Waals surface area contributed by atoms with Gasteiger partial charge in [0.15, 0.2) is 9.90 Å². The number of nitrogens with one attached hydrogen (secondary N) is 1. The van der Waals surface area contributed by atoms with Crippen LogP contribution in [0.4, 0.5) is 0 Å². The number of nitrogens with zero attached hydrogens (tertiary/aromatic N) is 2. The lowest BCUT2D eigenvalue weighted by Crippen LogP contribution is -2.42. The largest absolute Gasteiger partial charge is 0.476 e. The summed E-state index contributed by atoms with van der Waals surface area (Å²) in [6.07, 6.45) is 1.76. The van der Waals surface area contributed by atoms with Gasteiger partial charge in [-0.3, -0.25) is 0 Å². The number of hydrogen-bond acceptors (Lipinski definition) is 6. The summed E-state index contributed by atoms with van der Waals surface area (Å²) in [5.41, 5.74) is 0.872. The van der Waals surface area contributed by atoms with Crippen molar-refractivity contribution < 1.29 is 18.3 Å². The molecule has 1 fully saturated rings. The maximum atomic E-state index is 12.5. The lowest BCUT2D eigenvalue weighted by Gasteiger charge is -2.31. The van der Waals surface area contributed by atoms with Gasteiger partial charge in [-0.05, 0) is 32.4 Å². The Morgan fingerprint density at radius 2 is 2.40 bits per heavy atom. The van der Waals surface area contributed by atoms with E-state index in [9.17, 15) is 13.2 Å². The second-order valence-corrected chi connectivity index (χ2v) is 7.71. The molecule has 1 aromatic rings. The standard InChI is InChI=1S/C11H17N3O4S2/c1-12-5-8-3-2-4-14(6-8)20(17,18)11-9(10(15)16)13-7-19-11/h7-8,12H,2-6H2,1H3,(H,15,16). The van der Waals surface area contributed by atoms with E-state index in [4.69, 9.17) is 5.11 Å². The van der Waals surface area contributed by atoms with Crippen LogP contribution in [0.5, 0.6) is 0 Å². The van der Waals surface area contributed by atoms with Crippen LogP contribution in [0.2, 0.25) is 0 Å². The molecule has 2 N–H and O–H groups in total. The fourth-order valence-corrected chi connectivity index (χ4v) is 5.21. The van der Waals surface area contributed by atoms with Crippen molar-refractivity contribution in [3.05, 3.63) is 11.2 Å². The average Bonchev–Trinajstić information content (AvgIpc) is 2.89. The van der Waals surface area contributed by atoms with Gasteiger partial charge in [-0.15, -0.1) is 11.3 Å². The predicted octanol–water partition coefficient (Wildman–Crippen LogP) is 0.461. The molecule has 0 spiro atoms. The van der Waals surface area contributed by atoms with Gasteiger partial charge in [0.1, 0.15) is 0 Å². The Balaban J connectivity index is 2.25. The monoisotopic (exact) mass is 319 g/mol. The van der Waals surface area contributed by atoms with Crippen LogP contribution < -0.4 is 5.32 Å². The zero-order valence-corrected chi connectivity index (χ0v) is 12.7. The van der Waals surface area contributed by atoms with Crippen LogP contribution in [0.1, 0.15) is 23.3 Å². The van der Waals surface area contributed by atoms with Crippen molar-refractivity contribution in [3.63, 3.8) is 0 Å². The quantitative estimate of drug-likeness (QED) is 0.818. The van der Waals surface area contributed by atoms with E-state index in [1.807, 2.05) is 7.05 Å². The van der Waals surface area contributed by atoms with Gasteiger partial charge in [0.25, 0.3) is 10.0 Å². The number of carbonyl (C=O) groups is 1. The topological polar surface area (TPSA) is 99.6 Å². The molecular formula is C11H17N3O4S2. The van der Waals surface area contributed by atoms with Crippen molar-refractivity contribution in [3.8, 4) is 0 Å². The number of rotatable bonds is 5. The Morgan fingerprint density at radius 3 is 3.05 bits per heavy atom. The molecule has 0 aliphatic carbocycles. The van der Waals surface area contributed by atoms with E-state index >= 15 is 0 Å². The Hall–Kier alpha value is -1.03. The van der Waals surface area contributed by atoms with Crippen molar-refractivity contribution in [2.75, 3.05) is 26.7 Å². The maximum absolute atomic E-state index is 12.5. The van der Waals surface area contributed by atoms with Crippen molar-refractivity contribution in [2.24, 2.45) is 5.92 Å². The summed E-state index contributed by atoms with van der Waals surface area (Å²) in [7, 11) is -1.93. The molecule has 1 unspecified atom stereocenters. The molecule has 9 heteroatoms. The fraction of sp³-hybridized carbons (Fsp3) is 0.636.